The number of anilines is 1. The second-order valence-electron chi connectivity index (χ2n) is 4.09. The van der Waals surface area contributed by atoms with Gasteiger partial charge in [-0.3, -0.25) is 0 Å². The van der Waals surface area contributed by atoms with Crippen LogP contribution in [0.5, 0.6) is 0 Å². The Balaban J connectivity index is 1.91. The number of nitriles is 1. The molecule has 0 atom stereocenters. The van der Waals surface area contributed by atoms with Gasteiger partial charge in [-0.15, -0.1) is 0 Å². The summed E-state index contributed by atoms with van der Waals surface area (Å²) in [6.07, 6.45) is 2.23. The van der Waals surface area contributed by atoms with Gasteiger partial charge in [0.2, 0.25) is 0 Å². The zero-order valence-corrected chi connectivity index (χ0v) is 9.28. The van der Waals surface area contributed by atoms with Gasteiger partial charge >= 0.3 is 0 Å². The molecule has 1 N–H and O–H groups in total. The van der Waals surface area contributed by atoms with Crippen LogP contribution in [0.1, 0.15) is 18.4 Å². The lowest BCUT2D eigenvalue weighted by atomic mass is 10.0. The van der Waals surface area contributed by atoms with Crippen LogP contribution in [0.4, 0.5) is 5.69 Å². The van der Waals surface area contributed by atoms with E-state index in [9.17, 15) is 0 Å². The van der Waals surface area contributed by atoms with E-state index in [-0.39, 0.29) is 0 Å². The Kier molecular flexibility index (Phi) is 3.79. The van der Waals surface area contributed by atoms with Crippen molar-refractivity contribution in [3.05, 3.63) is 29.8 Å². The lowest BCUT2D eigenvalue weighted by molar-refractivity contribution is 0.0699. The molecular weight excluding hydrogens is 200 g/mol. The molecule has 16 heavy (non-hydrogen) atoms. The molecule has 0 radical (unpaired) electrons. The van der Waals surface area contributed by atoms with E-state index in [2.05, 4.69) is 11.4 Å². The maximum atomic E-state index is 8.95. The number of rotatable bonds is 3. The average Bonchev–Trinajstić information content (AvgIpc) is 2.38. The predicted octanol–water partition coefficient (Wildman–Crippen LogP) is 2.40. The number of benzene rings is 1. The molecule has 1 aliphatic rings. The zero-order chi connectivity index (χ0) is 11.2. The molecule has 0 unspecified atom stereocenters. The summed E-state index contributed by atoms with van der Waals surface area (Å²) < 4.78 is 5.32. The fourth-order valence-electron chi connectivity index (χ4n) is 1.94. The first-order valence-corrected chi connectivity index (χ1v) is 5.71. The highest BCUT2D eigenvalue weighted by molar-refractivity contribution is 5.57. The van der Waals surface area contributed by atoms with Gasteiger partial charge in [-0.25, -0.2) is 0 Å². The van der Waals surface area contributed by atoms with Crippen molar-refractivity contribution in [2.75, 3.05) is 25.1 Å². The van der Waals surface area contributed by atoms with Crippen LogP contribution in [-0.2, 0) is 4.74 Å². The Labute approximate surface area is 96.0 Å². The van der Waals surface area contributed by atoms with Crippen LogP contribution in [0.15, 0.2) is 24.3 Å². The minimum Gasteiger partial charge on any atom is -0.384 e. The van der Waals surface area contributed by atoms with Crippen molar-refractivity contribution in [1.82, 2.24) is 0 Å². The average molecular weight is 216 g/mol. The molecule has 1 aromatic carbocycles. The van der Waals surface area contributed by atoms with E-state index in [0.29, 0.717) is 5.92 Å². The summed E-state index contributed by atoms with van der Waals surface area (Å²) in [4.78, 5) is 0. The topological polar surface area (TPSA) is 45.0 Å². The highest BCUT2D eigenvalue weighted by atomic mass is 16.5. The third-order valence-corrected chi connectivity index (χ3v) is 2.97. The minimum atomic E-state index is 0.667. The van der Waals surface area contributed by atoms with Crippen molar-refractivity contribution < 1.29 is 4.74 Å². The molecule has 0 aromatic heterocycles. The van der Waals surface area contributed by atoms with Gasteiger partial charge in [0.1, 0.15) is 6.07 Å². The van der Waals surface area contributed by atoms with E-state index < -0.39 is 0 Å². The number of nitrogens with one attached hydrogen (secondary N) is 1. The molecule has 3 heteroatoms. The van der Waals surface area contributed by atoms with Gasteiger partial charge in [0.25, 0.3) is 0 Å². The van der Waals surface area contributed by atoms with Gasteiger partial charge in [0, 0.05) is 19.8 Å². The monoisotopic (exact) mass is 216 g/mol. The van der Waals surface area contributed by atoms with Gasteiger partial charge in [0.05, 0.1) is 11.3 Å². The lowest BCUT2D eigenvalue weighted by Crippen LogP contribution is -2.22. The summed E-state index contributed by atoms with van der Waals surface area (Å²) in [7, 11) is 0. The van der Waals surface area contributed by atoms with Crippen LogP contribution >= 0.6 is 0 Å². The van der Waals surface area contributed by atoms with Gasteiger partial charge in [-0.05, 0) is 30.9 Å². The molecule has 0 spiro atoms. The normalized spacial score (nSPS) is 16.7. The fraction of sp³-hybridized carbons (Fsp3) is 0.462. The molecule has 1 aromatic rings. The van der Waals surface area contributed by atoms with Gasteiger partial charge in [0.15, 0.2) is 0 Å². The van der Waals surface area contributed by atoms with Crippen LogP contribution in [0.3, 0.4) is 0 Å². The first-order chi connectivity index (χ1) is 7.90. The largest absolute Gasteiger partial charge is 0.384 e. The molecule has 2 rings (SSSR count). The Morgan fingerprint density at radius 2 is 2.06 bits per heavy atom. The molecule has 1 aliphatic heterocycles. The molecule has 0 saturated carbocycles. The molecule has 3 nitrogen and oxygen atoms in total. The minimum absolute atomic E-state index is 0.667. The number of para-hydroxylation sites is 1. The number of nitrogens with zero attached hydrogens (tertiary/aromatic N) is 1. The predicted molar refractivity (Wildman–Crippen MR) is 63.2 cm³/mol. The Morgan fingerprint density at radius 3 is 2.81 bits per heavy atom. The molecule has 0 aliphatic carbocycles. The summed E-state index contributed by atoms with van der Waals surface area (Å²) in [6, 6.07) is 9.83. The molecule has 84 valence electrons. The zero-order valence-electron chi connectivity index (χ0n) is 9.28. The Hall–Kier alpha value is -1.53. The summed E-state index contributed by atoms with van der Waals surface area (Å²) in [5, 5.41) is 12.3. The van der Waals surface area contributed by atoms with Gasteiger partial charge in [-0.1, -0.05) is 12.1 Å². The Bertz CT molecular complexity index is 378. The van der Waals surface area contributed by atoms with Crippen molar-refractivity contribution >= 4 is 5.69 Å². The van der Waals surface area contributed by atoms with E-state index >= 15 is 0 Å². The summed E-state index contributed by atoms with van der Waals surface area (Å²) in [5.41, 5.74) is 1.66. The van der Waals surface area contributed by atoms with Crippen LogP contribution in [0.2, 0.25) is 0 Å². The van der Waals surface area contributed by atoms with E-state index in [4.69, 9.17) is 10.00 Å². The van der Waals surface area contributed by atoms with Crippen molar-refractivity contribution in [3.8, 4) is 6.07 Å². The quantitative estimate of drug-likeness (QED) is 0.843. The maximum Gasteiger partial charge on any atom is 0.101 e. The van der Waals surface area contributed by atoms with Gasteiger partial charge < -0.3 is 10.1 Å². The van der Waals surface area contributed by atoms with Crippen LogP contribution in [0, 0.1) is 17.2 Å². The molecule has 0 amide bonds. The van der Waals surface area contributed by atoms with Crippen LogP contribution in [-0.4, -0.2) is 19.8 Å². The Morgan fingerprint density at radius 1 is 1.31 bits per heavy atom. The molecule has 0 bridgehead atoms. The number of hydrogen-bond acceptors (Lipinski definition) is 3. The van der Waals surface area contributed by atoms with Crippen molar-refractivity contribution in [2.24, 2.45) is 5.92 Å². The van der Waals surface area contributed by atoms with Crippen LogP contribution < -0.4 is 5.32 Å². The van der Waals surface area contributed by atoms with E-state index in [1.807, 2.05) is 24.3 Å². The van der Waals surface area contributed by atoms with Crippen molar-refractivity contribution in [2.45, 2.75) is 12.8 Å². The van der Waals surface area contributed by atoms with E-state index in [0.717, 1.165) is 43.9 Å². The first kappa shape index (κ1) is 11.0. The molecule has 1 saturated heterocycles. The van der Waals surface area contributed by atoms with E-state index in [1.165, 1.54) is 0 Å². The third kappa shape index (κ3) is 2.74. The van der Waals surface area contributed by atoms with E-state index in [1.54, 1.807) is 0 Å². The molecule has 1 heterocycles. The smallest absolute Gasteiger partial charge is 0.101 e. The highest BCUT2D eigenvalue weighted by Crippen LogP contribution is 2.18. The van der Waals surface area contributed by atoms with Crippen LogP contribution in [0.25, 0.3) is 0 Å². The van der Waals surface area contributed by atoms with Crippen molar-refractivity contribution in [3.63, 3.8) is 0 Å². The maximum absolute atomic E-state index is 8.95. The highest BCUT2D eigenvalue weighted by Gasteiger charge is 2.13. The second-order valence-corrected chi connectivity index (χ2v) is 4.09. The number of hydrogen-bond donors (Lipinski definition) is 1. The summed E-state index contributed by atoms with van der Waals surface area (Å²) in [6.45, 7) is 2.67. The lowest BCUT2D eigenvalue weighted by Gasteiger charge is -2.22. The summed E-state index contributed by atoms with van der Waals surface area (Å²) >= 11 is 0. The fourth-order valence-corrected chi connectivity index (χ4v) is 1.94. The number of ether oxygens (including phenoxy) is 1. The summed E-state index contributed by atoms with van der Waals surface area (Å²) in [5.74, 6) is 0.667. The SMILES string of the molecule is N#Cc1ccccc1NCC1CCOCC1. The van der Waals surface area contributed by atoms with Gasteiger partial charge in [-0.2, -0.15) is 5.26 Å². The second kappa shape index (κ2) is 5.53. The third-order valence-electron chi connectivity index (χ3n) is 2.97. The standard InChI is InChI=1S/C13H16N2O/c14-9-12-3-1-2-4-13(12)15-10-11-5-7-16-8-6-11/h1-4,11,15H,5-8,10H2. The first-order valence-electron chi connectivity index (χ1n) is 5.71. The van der Waals surface area contributed by atoms with Crippen molar-refractivity contribution in [1.29, 1.82) is 5.26 Å². The molecule has 1 fully saturated rings. The molecular formula is C13H16N2O.